The third-order valence-corrected chi connectivity index (χ3v) is 5.25. The Morgan fingerprint density at radius 2 is 2.15 bits per heavy atom. The molecule has 0 aliphatic heterocycles. The van der Waals surface area contributed by atoms with Crippen LogP contribution in [0.15, 0.2) is 17.0 Å². The number of aryl methyl sites for hydroxylation is 1. The van der Waals surface area contributed by atoms with Crippen LogP contribution in [0.4, 0.5) is 15.2 Å². The van der Waals surface area contributed by atoms with E-state index in [-0.39, 0.29) is 20.7 Å². The summed E-state index contributed by atoms with van der Waals surface area (Å²) < 4.78 is 39.7. The molecule has 1 aromatic heterocycles. The first-order valence-corrected chi connectivity index (χ1v) is 8.11. The van der Waals surface area contributed by atoms with Crippen LogP contribution < -0.4 is 10.5 Å². The normalized spacial score (nSPS) is 11.6. The Bertz CT molecular complexity index is 748. The van der Waals surface area contributed by atoms with Crippen LogP contribution in [-0.2, 0) is 16.4 Å². The molecule has 108 valence electrons. The Morgan fingerprint density at radius 1 is 1.45 bits per heavy atom. The number of nitrogen functional groups attached to an aromatic ring is 1. The molecule has 0 aliphatic carbocycles. The number of hydrogen-bond acceptors (Lipinski definition) is 6. The molecule has 0 fully saturated rings. The Balaban J connectivity index is 2.37. The highest BCUT2D eigenvalue weighted by Crippen LogP contribution is 2.28. The van der Waals surface area contributed by atoms with Crippen molar-refractivity contribution in [1.82, 2.24) is 10.2 Å². The number of nitrogens with zero attached hydrogens (tertiary/aromatic N) is 2. The molecule has 0 radical (unpaired) electrons. The van der Waals surface area contributed by atoms with Gasteiger partial charge in [0.25, 0.3) is 10.0 Å². The van der Waals surface area contributed by atoms with Crippen molar-refractivity contribution >= 4 is 43.8 Å². The molecule has 0 amide bonds. The van der Waals surface area contributed by atoms with Gasteiger partial charge in [0.05, 0.1) is 10.7 Å². The summed E-state index contributed by atoms with van der Waals surface area (Å²) in [6.45, 7) is 1.87. The van der Waals surface area contributed by atoms with Crippen LogP contribution in [0.5, 0.6) is 0 Å². The molecular weight excluding hydrogens is 327 g/mol. The van der Waals surface area contributed by atoms with Crippen LogP contribution in [0.3, 0.4) is 0 Å². The Labute approximate surface area is 123 Å². The summed E-state index contributed by atoms with van der Waals surface area (Å²) in [6, 6.07) is 1.81. The number of nitrogens with one attached hydrogen (secondary N) is 1. The molecule has 2 aromatic rings. The molecule has 6 nitrogen and oxygen atoms in total. The quantitative estimate of drug-likeness (QED) is 0.835. The number of anilines is 2. The predicted octanol–water partition coefficient (Wildman–Crippen LogP) is 2.28. The fourth-order valence-electron chi connectivity index (χ4n) is 1.36. The zero-order valence-corrected chi connectivity index (χ0v) is 12.6. The van der Waals surface area contributed by atoms with E-state index in [4.69, 9.17) is 17.3 Å². The van der Waals surface area contributed by atoms with Crippen LogP contribution in [0, 0.1) is 5.82 Å². The van der Waals surface area contributed by atoms with Crippen molar-refractivity contribution in [2.75, 3.05) is 10.5 Å². The molecule has 0 spiro atoms. The Kier molecular flexibility index (Phi) is 4.11. The van der Waals surface area contributed by atoms with Crippen molar-refractivity contribution in [1.29, 1.82) is 0 Å². The van der Waals surface area contributed by atoms with Gasteiger partial charge < -0.3 is 5.73 Å². The van der Waals surface area contributed by atoms with Crippen LogP contribution in [-0.4, -0.2) is 18.6 Å². The number of benzene rings is 1. The summed E-state index contributed by atoms with van der Waals surface area (Å²) in [7, 11) is -4.00. The van der Waals surface area contributed by atoms with Crippen LogP contribution in [0.25, 0.3) is 0 Å². The molecule has 0 saturated carbocycles. The fraction of sp³-hybridized carbons (Fsp3) is 0.200. The number of sulfonamides is 1. The lowest BCUT2D eigenvalue weighted by Gasteiger charge is -2.08. The molecule has 0 atom stereocenters. The van der Waals surface area contributed by atoms with Gasteiger partial charge in [0.15, 0.2) is 0 Å². The smallest absolute Gasteiger partial charge is 0.265 e. The standard InChI is InChI=1S/C10H10ClFN4O2S2/c1-2-9-14-15-10(19-9)16-20(17,18)8-4-7(13)6(12)3-5(8)11/h3-4H,2,13H2,1H3,(H,15,16). The Morgan fingerprint density at radius 3 is 2.75 bits per heavy atom. The fourth-order valence-corrected chi connectivity index (χ4v) is 3.82. The molecule has 10 heteroatoms. The van der Waals surface area contributed by atoms with E-state index in [1.807, 2.05) is 6.92 Å². The van der Waals surface area contributed by atoms with Crippen molar-refractivity contribution < 1.29 is 12.8 Å². The highest BCUT2D eigenvalue weighted by molar-refractivity contribution is 7.93. The predicted molar refractivity (Wildman–Crippen MR) is 75.9 cm³/mol. The van der Waals surface area contributed by atoms with Crippen molar-refractivity contribution in [2.45, 2.75) is 18.2 Å². The first-order valence-electron chi connectivity index (χ1n) is 5.43. The lowest BCUT2D eigenvalue weighted by molar-refractivity contribution is 0.600. The maximum absolute atomic E-state index is 13.2. The number of aromatic nitrogens is 2. The van der Waals surface area contributed by atoms with Gasteiger partial charge in [0, 0.05) is 0 Å². The topological polar surface area (TPSA) is 98.0 Å². The SMILES string of the molecule is CCc1nnc(NS(=O)(=O)c2cc(N)c(F)cc2Cl)s1. The molecule has 0 unspecified atom stereocenters. The van der Waals surface area contributed by atoms with Gasteiger partial charge in [0.1, 0.15) is 15.7 Å². The van der Waals surface area contributed by atoms with Gasteiger partial charge in [-0.1, -0.05) is 29.9 Å². The maximum atomic E-state index is 13.2. The zero-order valence-electron chi connectivity index (χ0n) is 10.2. The molecule has 0 saturated heterocycles. The van der Waals surface area contributed by atoms with Crippen molar-refractivity contribution in [3.05, 3.63) is 28.0 Å². The van der Waals surface area contributed by atoms with E-state index in [2.05, 4.69) is 14.9 Å². The number of nitrogens with two attached hydrogens (primary N) is 1. The van der Waals surface area contributed by atoms with E-state index in [9.17, 15) is 12.8 Å². The van der Waals surface area contributed by atoms with Crippen molar-refractivity contribution in [2.24, 2.45) is 0 Å². The summed E-state index contributed by atoms with van der Waals surface area (Å²) in [6.07, 6.45) is 0.643. The van der Waals surface area contributed by atoms with E-state index >= 15 is 0 Å². The van der Waals surface area contributed by atoms with E-state index in [0.717, 1.165) is 23.5 Å². The second-order valence-corrected chi connectivity index (χ2v) is 6.88. The number of rotatable bonds is 4. The Hall–Kier alpha value is -1.45. The monoisotopic (exact) mass is 336 g/mol. The molecule has 1 heterocycles. The minimum Gasteiger partial charge on any atom is -0.396 e. The van der Waals surface area contributed by atoms with Crippen LogP contribution >= 0.6 is 22.9 Å². The van der Waals surface area contributed by atoms with Gasteiger partial charge in [-0.25, -0.2) is 12.8 Å². The summed E-state index contributed by atoms with van der Waals surface area (Å²) in [5.74, 6) is -0.780. The first kappa shape index (κ1) is 14.9. The van der Waals surface area contributed by atoms with E-state index in [0.29, 0.717) is 11.4 Å². The third-order valence-electron chi connectivity index (χ3n) is 2.33. The second-order valence-electron chi connectivity index (χ2n) is 3.76. The molecular formula is C10H10ClFN4O2S2. The third kappa shape index (κ3) is 3.00. The minimum absolute atomic E-state index is 0.112. The summed E-state index contributed by atoms with van der Waals surface area (Å²) in [5.41, 5.74) is 5.05. The van der Waals surface area contributed by atoms with Crippen molar-refractivity contribution in [3.63, 3.8) is 0 Å². The molecule has 3 N–H and O–H groups in total. The largest absolute Gasteiger partial charge is 0.396 e. The maximum Gasteiger partial charge on any atom is 0.265 e. The zero-order chi connectivity index (χ0) is 14.9. The molecule has 1 aromatic carbocycles. The van der Waals surface area contributed by atoms with Crippen LogP contribution in [0.2, 0.25) is 5.02 Å². The van der Waals surface area contributed by atoms with Gasteiger partial charge in [-0.15, -0.1) is 10.2 Å². The highest BCUT2D eigenvalue weighted by atomic mass is 35.5. The van der Waals surface area contributed by atoms with E-state index in [1.54, 1.807) is 0 Å². The lowest BCUT2D eigenvalue weighted by atomic mass is 10.3. The summed E-state index contributed by atoms with van der Waals surface area (Å²) in [4.78, 5) is -0.314. The highest BCUT2D eigenvalue weighted by Gasteiger charge is 2.21. The summed E-state index contributed by atoms with van der Waals surface area (Å²) in [5, 5.41) is 8.03. The molecule has 0 aliphatic rings. The first-order chi connectivity index (χ1) is 9.33. The average Bonchev–Trinajstić information content (AvgIpc) is 2.80. The van der Waals surface area contributed by atoms with Gasteiger partial charge >= 0.3 is 0 Å². The molecule has 20 heavy (non-hydrogen) atoms. The van der Waals surface area contributed by atoms with Gasteiger partial charge in [-0.05, 0) is 18.6 Å². The lowest BCUT2D eigenvalue weighted by Crippen LogP contribution is -2.14. The number of hydrogen-bond donors (Lipinski definition) is 2. The second kappa shape index (κ2) is 5.51. The summed E-state index contributed by atoms with van der Waals surface area (Å²) >= 11 is 6.84. The van der Waals surface area contributed by atoms with Crippen molar-refractivity contribution in [3.8, 4) is 0 Å². The van der Waals surface area contributed by atoms with Gasteiger partial charge in [-0.3, -0.25) is 4.72 Å². The van der Waals surface area contributed by atoms with Gasteiger partial charge in [0.2, 0.25) is 5.13 Å². The minimum atomic E-state index is -4.00. The van der Waals surface area contributed by atoms with E-state index in [1.165, 1.54) is 0 Å². The molecule has 2 rings (SSSR count). The van der Waals surface area contributed by atoms with Crippen LogP contribution in [0.1, 0.15) is 11.9 Å². The molecule has 0 bridgehead atoms. The van der Waals surface area contributed by atoms with Gasteiger partial charge in [-0.2, -0.15) is 0 Å². The number of halogens is 2. The average molecular weight is 337 g/mol. The van der Waals surface area contributed by atoms with E-state index < -0.39 is 15.8 Å².